The van der Waals surface area contributed by atoms with E-state index in [0.717, 1.165) is 37.5 Å². The van der Waals surface area contributed by atoms with E-state index in [1.165, 1.54) is 36.5 Å². The lowest BCUT2D eigenvalue weighted by molar-refractivity contribution is 0.0712. The molecule has 0 radical (unpaired) electrons. The first kappa shape index (κ1) is 39.0. The Balaban J connectivity index is 3.50. The molecule has 5 nitrogen and oxygen atoms in total. The van der Waals surface area contributed by atoms with E-state index in [2.05, 4.69) is 20.4 Å². The van der Waals surface area contributed by atoms with Crippen LogP contribution in [0.4, 0.5) is 0 Å². The molecule has 0 saturated heterocycles. The molecule has 0 fully saturated rings. The lowest BCUT2D eigenvalue weighted by Crippen LogP contribution is -2.46. The SMILES string of the molecule is CCO[Si](C)(CCCSSSSCCCCSSSSCCC[Si](OCC)(OCC)OCC)OCC. The summed E-state index contributed by atoms with van der Waals surface area (Å²) in [7, 11) is 11.1. The molecule has 0 bridgehead atoms. The van der Waals surface area contributed by atoms with Gasteiger partial charge in [0, 0.05) is 62.1 Å². The summed E-state index contributed by atoms with van der Waals surface area (Å²) in [6.45, 7) is 15.8. The van der Waals surface area contributed by atoms with E-state index in [9.17, 15) is 0 Å². The van der Waals surface area contributed by atoms with Gasteiger partial charge < -0.3 is 22.1 Å². The molecule has 218 valence electrons. The smallest absolute Gasteiger partial charge is 0.395 e. The standard InChI is InChI=1S/C21H48O5S8Si2/c1-7-22-35(6,23-8-2)20-14-18-29-33-31-27-16-12-13-17-28-32-34-30-19-15-21-36(24-9-3,25-10-4)26-11-5/h7-21H2,1-6H3. The summed E-state index contributed by atoms with van der Waals surface area (Å²) in [5.41, 5.74) is 0. The molecular formula is C21H48O5S8Si2. The number of hydrogen-bond acceptors (Lipinski definition) is 13. The first-order valence-corrected chi connectivity index (χ1v) is 27.6. The maximum atomic E-state index is 5.92. The van der Waals surface area contributed by atoms with E-state index in [-0.39, 0.29) is 0 Å². The van der Waals surface area contributed by atoms with E-state index in [1.807, 2.05) is 103 Å². The summed E-state index contributed by atoms with van der Waals surface area (Å²) in [5.74, 6) is 4.72. The van der Waals surface area contributed by atoms with Gasteiger partial charge in [-0.25, -0.2) is 0 Å². The van der Waals surface area contributed by atoms with Crippen molar-refractivity contribution in [2.75, 3.05) is 56.0 Å². The molecule has 0 spiro atoms. The van der Waals surface area contributed by atoms with E-state index in [0.29, 0.717) is 19.8 Å². The predicted molar refractivity (Wildman–Crippen MR) is 184 cm³/mol. The van der Waals surface area contributed by atoms with Crippen LogP contribution in [-0.2, 0) is 22.1 Å². The highest BCUT2D eigenvalue weighted by Crippen LogP contribution is 2.45. The van der Waals surface area contributed by atoms with E-state index in [4.69, 9.17) is 22.1 Å². The summed E-state index contributed by atoms with van der Waals surface area (Å²) in [4.78, 5) is 0. The molecular weight excluding hydrogens is 645 g/mol. The van der Waals surface area contributed by atoms with Crippen LogP contribution in [0.25, 0.3) is 0 Å². The Kier molecular flexibility index (Phi) is 30.5. The normalized spacial score (nSPS) is 12.5. The molecule has 0 aliphatic rings. The van der Waals surface area contributed by atoms with E-state index >= 15 is 0 Å². The minimum atomic E-state index is -2.47. The second-order valence-electron chi connectivity index (χ2n) is 7.46. The maximum Gasteiger partial charge on any atom is 0.500 e. The second-order valence-corrected chi connectivity index (χ2v) is 26.0. The van der Waals surface area contributed by atoms with Gasteiger partial charge in [-0.15, -0.1) is 0 Å². The molecule has 0 heterocycles. The third-order valence-electron chi connectivity index (χ3n) is 4.51. The van der Waals surface area contributed by atoms with Crippen molar-refractivity contribution >= 4 is 99.8 Å². The van der Waals surface area contributed by atoms with Gasteiger partial charge in [0.15, 0.2) is 0 Å². The van der Waals surface area contributed by atoms with Gasteiger partial charge in [-0.3, -0.25) is 0 Å². The zero-order valence-corrected chi connectivity index (χ0v) is 31.4. The summed E-state index contributed by atoms with van der Waals surface area (Å²) >= 11 is 0. The van der Waals surface area contributed by atoms with Crippen molar-refractivity contribution < 1.29 is 22.1 Å². The Morgan fingerprint density at radius 2 is 0.778 bits per heavy atom. The highest BCUT2D eigenvalue weighted by Gasteiger charge is 2.39. The maximum absolute atomic E-state index is 5.92. The monoisotopic (exact) mass is 692 g/mol. The van der Waals surface area contributed by atoms with Gasteiger partial charge in [-0.1, -0.05) is 43.2 Å². The summed E-state index contributed by atoms with van der Waals surface area (Å²) in [6.07, 6.45) is 4.83. The molecule has 0 rings (SSSR count). The van der Waals surface area contributed by atoms with E-state index < -0.39 is 17.4 Å². The number of unbranched alkanes of at least 4 members (excludes halogenated alkanes) is 1. The Morgan fingerprint density at radius 1 is 0.444 bits per heavy atom. The van der Waals surface area contributed by atoms with Gasteiger partial charge in [0.05, 0.1) is 0 Å². The molecule has 0 amide bonds. The Morgan fingerprint density at radius 3 is 1.14 bits per heavy atom. The lowest BCUT2D eigenvalue weighted by Gasteiger charge is -2.28. The minimum absolute atomic E-state index is 0.654. The van der Waals surface area contributed by atoms with Gasteiger partial charge >= 0.3 is 17.4 Å². The zero-order valence-electron chi connectivity index (χ0n) is 22.9. The zero-order chi connectivity index (χ0) is 26.8. The number of hydrogen-bond donors (Lipinski definition) is 0. The van der Waals surface area contributed by atoms with Crippen LogP contribution in [0.3, 0.4) is 0 Å². The van der Waals surface area contributed by atoms with Crippen molar-refractivity contribution in [3.05, 3.63) is 0 Å². The predicted octanol–water partition coefficient (Wildman–Crippen LogP) is 10.1. The minimum Gasteiger partial charge on any atom is -0.395 e. The topological polar surface area (TPSA) is 46.2 Å². The summed E-state index contributed by atoms with van der Waals surface area (Å²) < 4.78 is 29.6. The van der Waals surface area contributed by atoms with Crippen molar-refractivity contribution in [1.29, 1.82) is 0 Å². The highest BCUT2D eigenvalue weighted by atomic mass is 33.7. The van der Waals surface area contributed by atoms with Crippen molar-refractivity contribution in [3.63, 3.8) is 0 Å². The van der Waals surface area contributed by atoms with Gasteiger partial charge in [0.25, 0.3) is 0 Å². The first-order valence-electron chi connectivity index (χ1n) is 12.9. The average molecular weight is 693 g/mol. The largest absolute Gasteiger partial charge is 0.500 e. The van der Waals surface area contributed by atoms with Crippen LogP contribution >= 0.6 is 82.5 Å². The molecule has 15 heteroatoms. The molecule has 36 heavy (non-hydrogen) atoms. The number of rotatable bonds is 29. The fraction of sp³-hybridized carbons (Fsp3) is 1.00. The molecule has 0 unspecified atom stereocenters. The fourth-order valence-corrected chi connectivity index (χ4v) is 21.1. The second kappa shape index (κ2) is 28.2. The molecule has 0 aromatic heterocycles. The molecule has 0 N–H and O–H groups in total. The van der Waals surface area contributed by atoms with Crippen molar-refractivity contribution in [2.24, 2.45) is 0 Å². The Labute approximate surface area is 254 Å². The molecule has 0 aromatic carbocycles. The first-order chi connectivity index (χ1) is 17.5. The van der Waals surface area contributed by atoms with Crippen LogP contribution in [-0.4, -0.2) is 73.4 Å². The Bertz CT molecular complexity index is 455. The quantitative estimate of drug-likeness (QED) is 0.0425. The van der Waals surface area contributed by atoms with Crippen LogP contribution in [0.2, 0.25) is 18.6 Å². The van der Waals surface area contributed by atoms with Gasteiger partial charge in [-0.05, 0) is 112 Å². The van der Waals surface area contributed by atoms with Crippen LogP contribution in [0, 0.1) is 0 Å². The summed E-state index contributed by atoms with van der Waals surface area (Å²) in [6, 6.07) is 1.99. The molecule has 0 aromatic rings. The highest BCUT2D eigenvalue weighted by molar-refractivity contribution is 9.26. The molecule has 0 saturated carbocycles. The van der Waals surface area contributed by atoms with Crippen LogP contribution < -0.4 is 0 Å². The lowest BCUT2D eigenvalue weighted by atomic mass is 10.4. The average Bonchev–Trinajstić information content (AvgIpc) is 2.84. The van der Waals surface area contributed by atoms with Gasteiger partial charge in [-0.2, -0.15) is 0 Å². The summed E-state index contributed by atoms with van der Waals surface area (Å²) in [5, 5.41) is 0. The van der Waals surface area contributed by atoms with Gasteiger partial charge in [0.2, 0.25) is 0 Å². The van der Waals surface area contributed by atoms with Crippen LogP contribution in [0.1, 0.15) is 60.3 Å². The fourth-order valence-electron chi connectivity index (χ4n) is 3.13. The third kappa shape index (κ3) is 22.7. The third-order valence-corrected chi connectivity index (χ3v) is 24.0. The van der Waals surface area contributed by atoms with E-state index in [1.54, 1.807) is 0 Å². The van der Waals surface area contributed by atoms with Crippen LogP contribution in [0.15, 0.2) is 0 Å². The van der Waals surface area contributed by atoms with Crippen molar-refractivity contribution in [2.45, 2.75) is 78.9 Å². The van der Waals surface area contributed by atoms with Crippen molar-refractivity contribution in [3.8, 4) is 0 Å². The van der Waals surface area contributed by atoms with Crippen LogP contribution in [0.5, 0.6) is 0 Å². The van der Waals surface area contributed by atoms with Crippen molar-refractivity contribution in [1.82, 2.24) is 0 Å². The van der Waals surface area contributed by atoms with Gasteiger partial charge in [0.1, 0.15) is 0 Å². The molecule has 0 aliphatic carbocycles. The Hall–Kier alpha value is 3.03. The molecule has 0 atom stereocenters. The molecule has 0 aliphatic heterocycles.